The Hall–Kier alpha value is -2.98. The summed E-state index contributed by atoms with van der Waals surface area (Å²) in [5, 5.41) is 11.8. The number of hydrogen-bond acceptors (Lipinski definition) is 4. The molecule has 4 nitrogen and oxygen atoms in total. The van der Waals surface area contributed by atoms with Gasteiger partial charge in [0, 0.05) is 0 Å². The summed E-state index contributed by atoms with van der Waals surface area (Å²) in [7, 11) is 1.31. The summed E-state index contributed by atoms with van der Waals surface area (Å²) in [4.78, 5) is 16.3. The molecule has 0 fully saturated rings. The second-order valence-corrected chi connectivity index (χ2v) is 6.34. The van der Waals surface area contributed by atoms with Crippen molar-refractivity contribution >= 4 is 5.97 Å². The first kappa shape index (κ1) is 17.8. The Balaban J connectivity index is 2.22. The molecule has 0 saturated carbocycles. The Bertz CT molecular complexity index is 869. The molecular weight excluding hydrogens is 326 g/mol. The van der Waals surface area contributed by atoms with Gasteiger partial charge in [-0.15, -0.1) is 0 Å². The normalized spacial score (nSPS) is 11.2. The lowest BCUT2D eigenvalue weighted by molar-refractivity contribution is 0.0591. The van der Waals surface area contributed by atoms with Gasteiger partial charge in [-0.3, -0.25) is 0 Å². The number of nitrogens with zero attached hydrogens (tertiary/aromatic N) is 1. The maximum absolute atomic E-state index is 11.9. The number of esters is 1. The Morgan fingerprint density at radius 2 is 1.38 bits per heavy atom. The van der Waals surface area contributed by atoms with Crippen LogP contribution in [0.1, 0.15) is 38.4 Å². The van der Waals surface area contributed by atoms with Crippen LogP contribution < -0.4 is 0 Å². The van der Waals surface area contributed by atoms with Gasteiger partial charge in [0.15, 0.2) is 5.60 Å². The fourth-order valence-corrected chi connectivity index (χ4v) is 2.91. The van der Waals surface area contributed by atoms with Gasteiger partial charge in [0.25, 0.3) is 0 Å². The second-order valence-electron chi connectivity index (χ2n) is 6.34. The highest BCUT2D eigenvalue weighted by Gasteiger charge is 2.35. The molecule has 4 heteroatoms. The molecule has 0 aliphatic heterocycles. The maximum atomic E-state index is 11.9. The van der Waals surface area contributed by atoms with Crippen LogP contribution in [0.3, 0.4) is 0 Å². The van der Waals surface area contributed by atoms with Crippen molar-refractivity contribution in [1.29, 1.82) is 0 Å². The molecule has 0 radical (unpaired) electrons. The largest absolute Gasteiger partial charge is 0.464 e. The monoisotopic (exact) mass is 347 g/mol. The van der Waals surface area contributed by atoms with Crippen molar-refractivity contribution in [3.63, 3.8) is 0 Å². The van der Waals surface area contributed by atoms with Crippen LogP contribution in [-0.4, -0.2) is 23.2 Å². The third-order valence-corrected chi connectivity index (χ3v) is 4.45. The molecular formula is C22H21NO3. The predicted molar refractivity (Wildman–Crippen MR) is 100 cm³/mol. The third-order valence-electron chi connectivity index (χ3n) is 4.45. The van der Waals surface area contributed by atoms with Crippen LogP contribution >= 0.6 is 0 Å². The number of rotatable bonds is 4. The Labute approximate surface area is 153 Å². The van der Waals surface area contributed by atoms with Gasteiger partial charge in [-0.1, -0.05) is 65.7 Å². The summed E-state index contributed by atoms with van der Waals surface area (Å²) in [6.07, 6.45) is 0. The van der Waals surface area contributed by atoms with Crippen LogP contribution in [0.4, 0.5) is 0 Å². The van der Waals surface area contributed by atoms with Gasteiger partial charge < -0.3 is 9.84 Å². The number of pyridine rings is 1. The van der Waals surface area contributed by atoms with Gasteiger partial charge in [-0.05, 0) is 37.1 Å². The molecule has 0 saturated heterocycles. The van der Waals surface area contributed by atoms with E-state index in [0.717, 1.165) is 11.1 Å². The van der Waals surface area contributed by atoms with Crippen LogP contribution in [0.25, 0.3) is 0 Å². The fraction of sp³-hybridized carbons (Fsp3) is 0.182. The highest BCUT2D eigenvalue weighted by Crippen LogP contribution is 2.36. The molecule has 0 bridgehead atoms. The third kappa shape index (κ3) is 3.24. The summed E-state index contributed by atoms with van der Waals surface area (Å²) in [5.74, 6) is -0.540. The van der Waals surface area contributed by atoms with E-state index in [-0.39, 0.29) is 5.69 Å². The average molecular weight is 347 g/mol. The molecule has 2 aromatic carbocycles. The van der Waals surface area contributed by atoms with Crippen molar-refractivity contribution in [2.45, 2.75) is 19.4 Å². The quantitative estimate of drug-likeness (QED) is 0.730. The van der Waals surface area contributed by atoms with Gasteiger partial charge in [-0.25, -0.2) is 9.78 Å². The minimum Gasteiger partial charge on any atom is -0.464 e. The number of aryl methyl sites for hydroxylation is 2. The highest BCUT2D eigenvalue weighted by atomic mass is 16.5. The smallest absolute Gasteiger partial charge is 0.356 e. The number of methoxy groups -OCH3 is 1. The molecule has 1 heterocycles. The maximum Gasteiger partial charge on any atom is 0.356 e. The highest BCUT2D eigenvalue weighted by molar-refractivity contribution is 5.87. The van der Waals surface area contributed by atoms with Gasteiger partial charge in [0.1, 0.15) is 5.69 Å². The Morgan fingerprint density at radius 3 is 1.85 bits per heavy atom. The van der Waals surface area contributed by atoms with Gasteiger partial charge >= 0.3 is 5.97 Å². The number of aliphatic hydroxyl groups is 1. The van der Waals surface area contributed by atoms with Gasteiger partial charge in [0.2, 0.25) is 0 Å². The molecule has 0 aliphatic rings. The van der Waals surface area contributed by atoms with E-state index >= 15 is 0 Å². The van der Waals surface area contributed by atoms with Crippen molar-refractivity contribution in [3.8, 4) is 0 Å². The fourth-order valence-electron chi connectivity index (χ4n) is 2.91. The molecule has 132 valence electrons. The number of hydrogen-bond donors (Lipinski definition) is 1. The van der Waals surface area contributed by atoms with E-state index in [1.54, 1.807) is 18.2 Å². The Morgan fingerprint density at radius 1 is 0.885 bits per heavy atom. The lowest BCUT2D eigenvalue weighted by Crippen LogP contribution is -2.30. The SMILES string of the molecule is COC(=O)c1cccc(C(O)(c2ccc(C)cc2)c2ccc(C)cc2)n1. The summed E-state index contributed by atoms with van der Waals surface area (Å²) < 4.78 is 4.76. The summed E-state index contributed by atoms with van der Waals surface area (Å²) in [5.41, 5.74) is 2.59. The molecule has 26 heavy (non-hydrogen) atoms. The van der Waals surface area contributed by atoms with Crippen molar-refractivity contribution in [1.82, 2.24) is 4.98 Å². The van der Waals surface area contributed by atoms with E-state index in [1.807, 2.05) is 62.4 Å². The van der Waals surface area contributed by atoms with Crippen LogP contribution in [-0.2, 0) is 10.3 Å². The van der Waals surface area contributed by atoms with E-state index in [0.29, 0.717) is 16.8 Å². The molecule has 0 amide bonds. The van der Waals surface area contributed by atoms with E-state index in [2.05, 4.69) is 4.98 Å². The first-order chi connectivity index (χ1) is 12.4. The van der Waals surface area contributed by atoms with E-state index < -0.39 is 11.6 Å². The standard InChI is InChI=1S/C22H21NO3/c1-15-7-11-17(12-8-15)22(25,18-13-9-16(2)10-14-18)20-6-4-5-19(23-20)21(24)26-3/h4-14,25H,1-3H3. The first-order valence-corrected chi connectivity index (χ1v) is 8.37. The summed E-state index contributed by atoms with van der Waals surface area (Å²) >= 11 is 0. The number of benzene rings is 2. The van der Waals surface area contributed by atoms with Crippen molar-refractivity contribution in [3.05, 3.63) is 100 Å². The topological polar surface area (TPSA) is 59.4 Å². The lowest BCUT2D eigenvalue weighted by Gasteiger charge is -2.29. The van der Waals surface area contributed by atoms with Crippen molar-refractivity contribution in [2.24, 2.45) is 0 Å². The summed E-state index contributed by atoms with van der Waals surface area (Å²) in [6, 6.07) is 20.3. The number of carbonyl (C=O) groups is 1. The molecule has 3 rings (SSSR count). The minimum absolute atomic E-state index is 0.155. The molecule has 1 N–H and O–H groups in total. The van der Waals surface area contributed by atoms with Crippen LogP contribution in [0.5, 0.6) is 0 Å². The number of aromatic nitrogens is 1. The minimum atomic E-state index is -1.48. The van der Waals surface area contributed by atoms with Crippen molar-refractivity contribution in [2.75, 3.05) is 7.11 Å². The molecule has 0 atom stereocenters. The molecule has 3 aromatic rings. The lowest BCUT2D eigenvalue weighted by atomic mass is 9.82. The van der Waals surface area contributed by atoms with Crippen LogP contribution in [0, 0.1) is 13.8 Å². The molecule has 0 unspecified atom stereocenters. The zero-order valence-electron chi connectivity index (χ0n) is 15.1. The van der Waals surface area contributed by atoms with Gasteiger partial charge in [-0.2, -0.15) is 0 Å². The Kier molecular flexibility index (Phi) is 4.87. The predicted octanol–water partition coefficient (Wildman–Crippen LogP) is 3.77. The average Bonchev–Trinajstić information content (AvgIpc) is 2.68. The zero-order chi connectivity index (χ0) is 18.7. The van der Waals surface area contributed by atoms with Gasteiger partial charge in [0.05, 0.1) is 12.8 Å². The first-order valence-electron chi connectivity index (χ1n) is 8.37. The van der Waals surface area contributed by atoms with Crippen LogP contribution in [0.15, 0.2) is 66.7 Å². The van der Waals surface area contributed by atoms with E-state index in [4.69, 9.17) is 4.74 Å². The zero-order valence-corrected chi connectivity index (χ0v) is 15.1. The van der Waals surface area contributed by atoms with E-state index in [1.165, 1.54) is 7.11 Å². The molecule has 1 aromatic heterocycles. The molecule has 0 spiro atoms. The van der Waals surface area contributed by atoms with E-state index in [9.17, 15) is 9.90 Å². The summed E-state index contributed by atoms with van der Waals surface area (Å²) in [6.45, 7) is 3.98. The molecule has 0 aliphatic carbocycles. The number of ether oxygens (including phenoxy) is 1. The van der Waals surface area contributed by atoms with Crippen molar-refractivity contribution < 1.29 is 14.6 Å². The number of carbonyl (C=O) groups excluding carboxylic acids is 1. The second kappa shape index (κ2) is 7.10. The van der Waals surface area contributed by atoms with Crippen LogP contribution in [0.2, 0.25) is 0 Å².